The van der Waals surface area contributed by atoms with Gasteiger partial charge in [0.25, 0.3) is 5.91 Å². The Morgan fingerprint density at radius 1 is 1.29 bits per heavy atom. The van der Waals surface area contributed by atoms with Crippen molar-refractivity contribution < 1.29 is 18.0 Å². The van der Waals surface area contributed by atoms with Crippen LogP contribution in [0.4, 0.5) is 13.2 Å². The molecule has 21 heavy (non-hydrogen) atoms. The fourth-order valence-corrected chi connectivity index (χ4v) is 3.03. The number of rotatable bonds is 0. The zero-order chi connectivity index (χ0) is 15.8. The molecule has 1 saturated heterocycles. The van der Waals surface area contributed by atoms with Crippen LogP contribution in [-0.4, -0.2) is 30.4 Å². The van der Waals surface area contributed by atoms with Gasteiger partial charge in [0.1, 0.15) is 0 Å². The molecule has 3 rings (SSSR count). The average Bonchev–Trinajstić information content (AvgIpc) is 2.69. The van der Waals surface area contributed by atoms with E-state index in [9.17, 15) is 18.0 Å². The number of nitrogens with zero attached hydrogens (tertiary/aromatic N) is 1. The van der Waals surface area contributed by atoms with Gasteiger partial charge in [-0.2, -0.15) is 13.2 Å². The Morgan fingerprint density at radius 2 is 1.95 bits per heavy atom. The third-order valence-electron chi connectivity index (χ3n) is 3.99. The van der Waals surface area contributed by atoms with E-state index in [-0.39, 0.29) is 5.56 Å². The van der Waals surface area contributed by atoms with Gasteiger partial charge >= 0.3 is 6.18 Å². The van der Waals surface area contributed by atoms with Gasteiger partial charge in [-0.05, 0) is 18.6 Å². The molecule has 1 amide bonds. The number of hydrogen-bond acceptors (Lipinski definition) is 2. The molecule has 0 saturated carbocycles. The molecule has 1 N–H and O–H groups in total. The van der Waals surface area contributed by atoms with Gasteiger partial charge in [-0.1, -0.05) is 26.0 Å². The number of alkyl halides is 3. The molecule has 6 heteroatoms. The number of amides is 1. The Bertz CT molecular complexity index is 556. The van der Waals surface area contributed by atoms with Crippen LogP contribution in [0.3, 0.4) is 0 Å². The summed E-state index contributed by atoms with van der Waals surface area (Å²) in [6.07, 6.45) is -4.50. The minimum absolute atomic E-state index is 0.179. The maximum absolute atomic E-state index is 13.0. The summed E-state index contributed by atoms with van der Waals surface area (Å²) >= 11 is 0. The molecule has 2 aliphatic heterocycles. The lowest BCUT2D eigenvalue weighted by molar-refractivity contribution is -0.137. The van der Waals surface area contributed by atoms with Crippen molar-refractivity contribution in [2.24, 2.45) is 0 Å². The molecule has 0 bridgehead atoms. The van der Waals surface area contributed by atoms with Gasteiger partial charge in [0.05, 0.1) is 16.7 Å². The summed E-state index contributed by atoms with van der Waals surface area (Å²) in [5, 5.41) is 3.14. The number of benzene rings is 1. The summed E-state index contributed by atoms with van der Waals surface area (Å²) in [4.78, 5) is 13.8. The highest BCUT2D eigenvalue weighted by Gasteiger charge is 2.51. The molecule has 0 aromatic heterocycles. The maximum Gasteiger partial charge on any atom is 0.417 e. The van der Waals surface area contributed by atoms with E-state index in [4.69, 9.17) is 0 Å². The fourth-order valence-electron chi connectivity index (χ4n) is 3.03. The van der Waals surface area contributed by atoms with E-state index in [2.05, 4.69) is 5.32 Å². The molecule has 1 aromatic carbocycles. The Balaban J connectivity index is 0.000000774. The standard InChI is InChI=1S/C13H13F3N2O.C2H6/c1-12-7-17-5-6-18(12)11(19)10-8(12)3-2-4-9(10)13(14,15)16;1-2/h2-4,17H,5-7H2,1H3;1-2H3/t12-;/m0./s1. The number of halogens is 3. The van der Waals surface area contributed by atoms with Crippen molar-refractivity contribution in [3.63, 3.8) is 0 Å². The molecule has 0 aliphatic carbocycles. The third kappa shape index (κ3) is 2.31. The van der Waals surface area contributed by atoms with Crippen molar-refractivity contribution in [2.75, 3.05) is 19.6 Å². The topological polar surface area (TPSA) is 32.3 Å². The van der Waals surface area contributed by atoms with Crippen LogP contribution < -0.4 is 5.32 Å². The van der Waals surface area contributed by atoms with Gasteiger partial charge in [0, 0.05) is 19.6 Å². The summed E-state index contributed by atoms with van der Waals surface area (Å²) in [5.74, 6) is -0.507. The quantitative estimate of drug-likeness (QED) is 0.799. The van der Waals surface area contributed by atoms with Crippen LogP contribution in [0.1, 0.15) is 42.3 Å². The van der Waals surface area contributed by atoms with E-state index in [1.807, 2.05) is 20.8 Å². The smallest absolute Gasteiger partial charge is 0.327 e. The molecule has 1 atom stereocenters. The lowest BCUT2D eigenvalue weighted by Crippen LogP contribution is -2.55. The van der Waals surface area contributed by atoms with Crippen molar-refractivity contribution in [3.8, 4) is 0 Å². The number of fused-ring (bicyclic) bond motifs is 3. The molecule has 116 valence electrons. The van der Waals surface area contributed by atoms with Gasteiger partial charge < -0.3 is 10.2 Å². The van der Waals surface area contributed by atoms with Gasteiger partial charge in [0.15, 0.2) is 0 Å². The molecular weight excluding hydrogens is 281 g/mol. The van der Waals surface area contributed by atoms with Crippen LogP contribution in [0.25, 0.3) is 0 Å². The molecule has 3 nitrogen and oxygen atoms in total. The highest BCUT2D eigenvalue weighted by atomic mass is 19.4. The molecule has 1 aromatic rings. The zero-order valence-electron chi connectivity index (χ0n) is 12.3. The van der Waals surface area contributed by atoms with Crippen molar-refractivity contribution in [1.29, 1.82) is 0 Å². The average molecular weight is 300 g/mol. The summed E-state index contributed by atoms with van der Waals surface area (Å²) < 4.78 is 39.1. The Morgan fingerprint density at radius 3 is 2.57 bits per heavy atom. The highest BCUT2D eigenvalue weighted by Crippen LogP contribution is 2.44. The Hall–Kier alpha value is -1.56. The van der Waals surface area contributed by atoms with Crippen LogP contribution in [0.5, 0.6) is 0 Å². The van der Waals surface area contributed by atoms with E-state index in [1.165, 1.54) is 6.07 Å². The van der Waals surface area contributed by atoms with Gasteiger partial charge in [0.2, 0.25) is 0 Å². The first kappa shape index (κ1) is 15.8. The molecule has 0 radical (unpaired) electrons. The van der Waals surface area contributed by atoms with Gasteiger partial charge in [-0.25, -0.2) is 0 Å². The number of carbonyl (C=O) groups is 1. The second-order valence-electron chi connectivity index (χ2n) is 5.13. The highest BCUT2D eigenvalue weighted by molar-refractivity contribution is 6.01. The predicted octanol–water partition coefficient (Wildman–Crippen LogP) is 3.01. The monoisotopic (exact) mass is 300 g/mol. The van der Waals surface area contributed by atoms with Crippen LogP contribution in [0.15, 0.2) is 18.2 Å². The molecule has 0 spiro atoms. The predicted molar refractivity (Wildman–Crippen MR) is 74.1 cm³/mol. The number of carbonyl (C=O) groups excluding carboxylic acids is 1. The van der Waals surface area contributed by atoms with E-state index in [1.54, 1.807) is 11.0 Å². The Kier molecular flexibility index (Phi) is 4.02. The lowest BCUT2D eigenvalue weighted by atomic mass is 9.88. The van der Waals surface area contributed by atoms with Crippen molar-refractivity contribution >= 4 is 5.91 Å². The zero-order valence-corrected chi connectivity index (χ0v) is 12.3. The first-order valence-electron chi connectivity index (χ1n) is 7.09. The first-order valence-corrected chi connectivity index (χ1v) is 7.09. The third-order valence-corrected chi connectivity index (χ3v) is 3.99. The number of piperazine rings is 1. The van der Waals surface area contributed by atoms with E-state index in [0.717, 1.165) is 6.07 Å². The summed E-state index contributed by atoms with van der Waals surface area (Å²) in [5.41, 5.74) is -1.21. The van der Waals surface area contributed by atoms with Crippen LogP contribution in [-0.2, 0) is 11.7 Å². The summed E-state index contributed by atoms with van der Waals surface area (Å²) in [6.45, 7) is 7.33. The molecular formula is C15H19F3N2O. The molecule has 2 heterocycles. The molecule has 0 unspecified atom stereocenters. The van der Waals surface area contributed by atoms with Crippen LogP contribution >= 0.6 is 0 Å². The molecule has 2 aliphatic rings. The maximum atomic E-state index is 13.0. The first-order chi connectivity index (χ1) is 9.86. The van der Waals surface area contributed by atoms with Crippen molar-refractivity contribution in [1.82, 2.24) is 10.2 Å². The van der Waals surface area contributed by atoms with Crippen molar-refractivity contribution in [2.45, 2.75) is 32.5 Å². The lowest BCUT2D eigenvalue weighted by Gasteiger charge is -2.40. The van der Waals surface area contributed by atoms with Gasteiger partial charge in [-0.15, -0.1) is 0 Å². The van der Waals surface area contributed by atoms with E-state index >= 15 is 0 Å². The van der Waals surface area contributed by atoms with Crippen LogP contribution in [0, 0.1) is 0 Å². The van der Waals surface area contributed by atoms with Gasteiger partial charge in [-0.3, -0.25) is 4.79 Å². The van der Waals surface area contributed by atoms with E-state index in [0.29, 0.717) is 25.2 Å². The Labute approximate surface area is 122 Å². The second-order valence-corrected chi connectivity index (χ2v) is 5.13. The van der Waals surface area contributed by atoms with E-state index < -0.39 is 23.2 Å². The molecule has 1 fully saturated rings. The normalized spacial score (nSPS) is 24.1. The summed E-state index contributed by atoms with van der Waals surface area (Å²) in [6, 6.07) is 3.97. The van der Waals surface area contributed by atoms with Crippen molar-refractivity contribution in [3.05, 3.63) is 34.9 Å². The minimum Gasteiger partial charge on any atom is -0.327 e. The minimum atomic E-state index is -4.50. The summed E-state index contributed by atoms with van der Waals surface area (Å²) in [7, 11) is 0. The SMILES string of the molecule is CC.C[C@@]12CNCCN1C(=O)c1c(C(F)(F)F)cccc12. The second kappa shape index (κ2) is 5.33. The van der Waals surface area contributed by atoms with Crippen LogP contribution in [0.2, 0.25) is 0 Å². The number of hydrogen-bond donors (Lipinski definition) is 1. The fraction of sp³-hybridized carbons (Fsp3) is 0.533. The number of nitrogens with one attached hydrogen (secondary N) is 1. The largest absolute Gasteiger partial charge is 0.417 e.